The summed E-state index contributed by atoms with van der Waals surface area (Å²) in [5.41, 5.74) is 0.969. The van der Waals surface area contributed by atoms with Crippen LogP contribution in [-0.2, 0) is 4.79 Å². The van der Waals surface area contributed by atoms with Gasteiger partial charge in [-0.25, -0.2) is 4.39 Å². The molecule has 0 aliphatic carbocycles. The van der Waals surface area contributed by atoms with E-state index in [2.05, 4.69) is 10.2 Å². The highest BCUT2D eigenvalue weighted by Gasteiger charge is 2.42. The molecule has 2 amide bonds. The highest BCUT2D eigenvalue weighted by atomic mass is 35.5. The molecule has 2 unspecified atom stereocenters. The molecule has 0 saturated carbocycles. The molecule has 3 atom stereocenters. The van der Waals surface area contributed by atoms with E-state index in [1.54, 1.807) is 4.90 Å². The maximum Gasteiger partial charge on any atom is 0.258 e. The first-order valence-electron chi connectivity index (χ1n) is 11.1. The van der Waals surface area contributed by atoms with Crippen molar-refractivity contribution in [1.82, 2.24) is 15.1 Å². The van der Waals surface area contributed by atoms with E-state index in [9.17, 15) is 14.0 Å². The molecule has 4 rings (SSSR count). The van der Waals surface area contributed by atoms with Crippen LogP contribution in [0.5, 0.6) is 0 Å². The van der Waals surface area contributed by atoms with E-state index in [0.29, 0.717) is 24.9 Å². The lowest BCUT2D eigenvalue weighted by molar-refractivity contribution is -0.120. The number of nitrogens with one attached hydrogen (secondary N) is 1. The van der Waals surface area contributed by atoms with E-state index in [-0.39, 0.29) is 34.9 Å². The van der Waals surface area contributed by atoms with Gasteiger partial charge in [-0.1, -0.05) is 48.0 Å². The van der Waals surface area contributed by atoms with E-state index >= 15 is 0 Å². The summed E-state index contributed by atoms with van der Waals surface area (Å²) in [6.07, 6.45) is 0.571. The minimum absolute atomic E-state index is 0.0465. The number of hydrogen-bond acceptors (Lipinski definition) is 4. The van der Waals surface area contributed by atoms with Gasteiger partial charge in [0.1, 0.15) is 12.2 Å². The van der Waals surface area contributed by atoms with Gasteiger partial charge in [0.15, 0.2) is 0 Å². The summed E-state index contributed by atoms with van der Waals surface area (Å²) >= 11 is 6.08. The molecule has 2 saturated heterocycles. The quantitative estimate of drug-likeness (QED) is 0.673. The Kier molecular flexibility index (Phi) is 7.26. The number of carbonyl (C=O) groups is 2. The van der Waals surface area contributed by atoms with Crippen LogP contribution in [0, 0.1) is 29.0 Å². The van der Waals surface area contributed by atoms with Crippen LogP contribution in [0.15, 0.2) is 48.5 Å². The van der Waals surface area contributed by atoms with E-state index < -0.39 is 5.82 Å². The van der Waals surface area contributed by atoms with Crippen LogP contribution < -0.4 is 5.32 Å². The predicted molar refractivity (Wildman–Crippen MR) is 123 cm³/mol. The summed E-state index contributed by atoms with van der Waals surface area (Å²) in [7, 11) is 0. The van der Waals surface area contributed by atoms with Crippen molar-refractivity contribution in [2.75, 3.05) is 32.7 Å². The summed E-state index contributed by atoms with van der Waals surface area (Å²) in [6, 6.07) is 15.8. The van der Waals surface area contributed by atoms with Gasteiger partial charge in [0.2, 0.25) is 5.91 Å². The Hall–Kier alpha value is -2.95. The first-order chi connectivity index (χ1) is 16.0. The lowest BCUT2D eigenvalue weighted by atomic mass is 10.0. The molecule has 0 bridgehead atoms. The van der Waals surface area contributed by atoms with Crippen LogP contribution in [0.2, 0.25) is 5.02 Å². The number of fused-ring (bicyclic) bond motifs is 1. The summed E-state index contributed by atoms with van der Waals surface area (Å²) < 4.78 is 14.2. The SMILES string of the molecule is N#CCC(=O)N[C@@H](CCN1CC2CN(C(=O)c3c(F)cccc3Cl)CC2C1)c1ccccc1. The van der Waals surface area contributed by atoms with Gasteiger partial charge in [0.05, 0.1) is 22.7 Å². The number of likely N-dealkylation sites (tertiary alicyclic amines) is 2. The first kappa shape index (κ1) is 23.2. The molecular formula is C25H26ClFN4O2. The number of nitrogens with zero attached hydrogens (tertiary/aromatic N) is 3. The first-order valence-corrected chi connectivity index (χ1v) is 11.5. The zero-order valence-electron chi connectivity index (χ0n) is 18.2. The summed E-state index contributed by atoms with van der Waals surface area (Å²) in [5, 5.41) is 11.9. The number of hydrogen-bond donors (Lipinski definition) is 1. The van der Waals surface area contributed by atoms with E-state index in [1.165, 1.54) is 18.2 Å². The summed E-state index contributed by atoms with van der Waals surface area (Å²) in [6.45, 7) is 3.68. The Morgan fingerprint density at radius 2 is 1.79 bits per heavy atom. The van der Waals surface area contributed by atoms with Gasteiger partial charge in [-0.2, -0.15) is 5.26 Å². The van der Waals surface area contributed by atoms with E-state index in [1.807, 2.05) is 36.4 Å². The van der Waals surface area contributed by atoms with Crippen molar-refractivity contribution in [1.29, 1.82) is 5.26 Å². The van der Waals surface area contributed by atoms with Crippen molar-refractivity contribution in [2.45, 2.75) is 18.9 Å². The Morgan fingerprint density at radius 3 is 2.42 bits per heavy atom. The van der Waals surface area contributed by atoms with Crippen LogP contribution in [0.3, 0.4) is 0 Å². The zero-order valence-corrected chi connectivity index (χ0v) is 19.0. The third-order valence-corrected chi connectivity index (χ3v) is 6.85. The molecule has 0 spiro atoms. The molecular weight excluding hydrogens is 443 g/mol. The second kappa shape index (κ2) is 10.3. The monoisotopic (exact) mass is 468 g/mol. The largest absolute Gasteiger partial charge is 0.348 e. The molecule has 2 aromatic carbocycles. The van der Waals surface area contributed by atoms with Crippen molar-refractivity contribution in [3.05, 3.63) is 70.5 Å². The van der Waals surface area contributed by atoms with Crippen LogP contribution in [0.25, 0.3) is 0 Å². The Labute approximate surface area is 197 Å². The highest BCUT2D eigenvalue weighted by molar-refractivity contribution is 6.33. The molecule has 0 aromatic heterocycles. The van der Waals surface area contributed by atoms with Gasteiger partial charge >= 0.3 is 0 Å². The molecule has 172 valence electrons. The number of amides is 2. The molecule has 6 nitrogen and oxygen atoms in total. The van der Waals surface area contributed by atoms with Gasteiger partial charge in [0.25, 0.3) is 5.91 Å². The number of benzene rings is 2. The normalized spacial score (nSPS) is 20.8. The average Bonchev–Trinajstić information content (AvgIpc) is 3.36. The van der Waals surface area contributed by atoms with Crippen molar-refractivity contribution < 1.29 is 14.0 Å². The van der Waals surface area contributed by atoms with Gasteiger partial charge in [-0.05, 0) is 36.0 Å². The van der Waals surface area contributed by atoms with Crippen LogP contribution in [0.1, 0.15) is 34.8 Å². The van der Waals surface area contributed by atoms with Crippen molar-refractivity contribution in [3.8, 4) is 6.07 Å². The topological polar surface area (TPSA) is 76.4 Å². The summed E-state index contributed by atoms with van der Waals surface area (Å²) in [4.78, 5) is 29.0. The van der Waals surface area contributed by atoms with Crippen molar-refractivity contribution in [3.63, 3.8) is 0 Å². The number of halogens is 2. The lowest BCUT2D eigenvalue weighted by Crippen LogP contribution is -2.35. The maximum atomic E-state index is 14.2. The predicted octanol–water partition coefficient (Wildman–Crippen LogP) is 3.64. The maximum absolute atomic E-state index is 14.2. The Bertz CT molecular complexity index is 1020. The fourth-order valence-electron chi connectivity index (χ4n) is 4.94. The van der Waals surface area contributed by atoms with Gasteiger partial charge in [-0.3, -0.25) is 9.59 Å². The third-order valence-electron chi connectivity index (χ3n) is 6.54. The standard InChI is InChI=1S/C25H26ClFN4O2/c26-20-7-4-8-21(27)24(20)25(33)31-15-18-13-30(14-19(18)16-31)12-10-22(29-23(32)9-11-28)17-5-2-1-3-6-17/h1-8,18-19,22H,9-10,12-16H2,(H,29,32)/t18?,19?,22-/m0/s1. The fraction of sp³-hybridized carbons (Fsp3) is 0.400. The van der Waals surface area contributed by atoms with Crippen LogP contribution in [-0.4, -0.2) is 54.3 Å². The minimum atomic E-state index is -0.586. The zero-order chi connectivity index (χ0) is 23.4. The smallest absolute Gasteiger partial charge is 0.258 e. The molecule has 2 aromatic rings. The fourth-order valence-corrected chi connectivity index (χ4v) is 5.18. The second-order valence-electron chi connectivity index (χ2n) is 8.74. The van der Waals surface area contributed by atoms with Gasteiger partial charge < -0.3 is 15.1 Å². The Morgan fingerprint density at radius 1 is 1.09 bits per heavy atom. The lowest BCUT2D eigenvalue weighted by Gasteiger charge is -2.25. The van der Waals surface area contributed by atoms with Crippen molar-refractivity contribution >= 4 is 23.4 Å². The number of carbonyl (C=O) groups excluding carboxylic acids is 2. The summed E-state index contributed by atoms with van der Waals surface area (Å²) in [5.74, 6) is -0.531. The van der Waals surface area contributed by atoms with Crippen molar-refractivity contribution in [2.24, 2.45) is 11.8 Å². The molecule has 1 N–H and O–H groups in total. The molecule has 2 aliphatic heterocycles. The highest BCUT2D eigenvalue weighted by Crippen LogP contribution is 2.33. The van der Waals surface area contributed by atoms with Gasteiger partial charge in [0, 0.05) is 32.7 Å². The minimum Gasteiger partial charge on any atom is -0.348 e. The van der Waals surface area contributed by atoms with Gasteiger partial charge in [-0.15, -0.1) is 0 Å². The molecule has 2 fully saturated rings. The molecule has 33 heavy (non-hydrogen) atoms. The number of rotatable bonds is 7. The van der Waals surface area contributed by atoms with E-state index in [4.69, 9.17) is 16.9 Å². The molecule has 0 radical (unpaired) electrons. The van der Waals surface area contributed by atoms with E-state index in [0.717, 1.165) is 31.6 Å². The Balaban J connectivity index is 1.33. The molecule has 2 heterocycles. The molecule has 2 aliphatic rings. The number of nitriles is 1. The average molecular weight is 469 g/mol. The second-order valence-corrected chi connectivity index (χ2v) is 9.15. The van der Waals surface area contributed by atoms with Crippen LogP contribution in [0.4, 0.5) is 4.39 Å². The third kappa shape index (κ3) is 5.35. The molecule has 8 heteroatoms. The van der Waals surface area contributed by atoms with Crippen LogP contribution >= 0.6 is 11.6 Å².